The lowest BCUT2D eigenvalue weighted by atomic mass is 10.0. The topological polar surface area (TPSA) is 32.3 Å². The maximum atomic E-state index is 12.7. The number of carbonyl (C=O) groups excluding carboxylic acids is 1. The van der Waals surface area contributed by atoms with Gasteiger partial charge in [-0.3, -0.25) is 0 Å². The molecule has 1 N–H and O–H groups in total. The molecular formula is C19H21ClN2O. The van der Waals surface area contributed by atoms with Crippen molar-refractivity contribution < 1.29 is 4.79 Å². The summed E-state index contributed by atoms with van der Waals surface area (Å²) in [6.45, 7) is 4.83. The average molecular weight is 329 g/mol. The van der Waals surface area contributed by atoms with Crippen molar-refractivity contribution in [1.82, 2.24) is 4.90 Å². The van der Waals surface area contributed by atoms with Crippen LogP contribution in [-0.2, 0) is 0 Å². The van der Waals surface area contributed by atoms with Gasteiger partial charge in [-0.1, -0.05) is 41.9 Å². The molecule has 0 bridgehead atoms. The van der Waals surface area contributed by atoms with Crippen LogP contribution in [-0.4, -0.2) is 17.5 Å². The molecular weight excluding hydrogens is 308 g/mol. The quantitative estimate of drug-likeness (QED) is 0.794. The van der Waals surface area contributed by atoms with E-state index in [1.54, 1.807) is 0 Å². The average Bonchev–Trinajstić information content (AvgIpc) is 3.02. The van der Waals surface area contributed by atoms with Crippen molar-refractivity contribution in [2.24, 2.45) is 0 Å². The molecule has 0 spiro atoms. The lowest BCUT2D eigenvalue weighted by Gasteiger charge is -2.26. The first kappa shape index (κ1) is 15.9. The van der Waals surface area contributed by atoms with Crippen LogP contribution in [0.4, 0.5) is 10.5 Å². The molecule has 1 saturated heterocycles. The molecule has 3 rings (SSSR count). The summed E-state index contributed by atoms with van der Waals surface area (Å²) in [6.07, 6.45) is 1.94. The molecule has 2 aromatic carbocycles. The third kappa shape index (κ3) is 3.20. The van der Waals surface area contributed by atoms with Crippen LogP contribution in [0.2, 0.25) is 5.02 Å². The van der Waals surface area contributed by atoms with E-state index in [9.17, 15) is 4.79 Å². The molecule has 1 heterocycles. The predicted octanol–water partition coefficient (Wildman–Crippen LogP) is 5.33. The fourth-order valence-corrected chi connectivity index (χ4v) is 3.41. The number of nitrogens with zero attached hydrogens (tertiary/aromatic N) is 1. The maximum absolute atomic E-state index is 12.7. The highest BCUT2D eigenvalue weighted by Crippen LogP contribution is 2.36. The molecule has 2 amide bonds. The van der Waals surface area contributed by atoms with E-state index < -0.39 is 0 Å². The van der Waals surface area contributed by atoms with Crippen molar-refractivity contribution in [3.63, 3.8) is 0 Å². The molecule has 120 valence electrons. The molecule has 0 saturated carbocycles. The van der Waals surface area contributed by atoms with E-state index in [1.165, 1.54) is 5.56 Å². The number of nitrogens with one attached hydrogen (secondary N) is 1. The van der Waals surface area contributed by atoms with Crippen molar-refractivity contribution in [2.45, 2.75) is 32.7 Å². The Bertz CT molecular complexity index is 729. The summed E-state index contributed by atoms with van der Waals surface area (Å²) in [5.41, 5.74) is 4.18. The number of hydrogen-bond donors (Lipinski definition) is 1. The van der Waals surface area contributed by atoms with Crippen LogP contribution in [0.3, 0.4) is 0 Å². The molecule has 2 aromatic rings. The minimum atomic E-state index is -0.0545. The second kappa shape index (κ2) is 6.63. The Hall–Kier alpha value is -2.00. The molecule has 1 fully saturated rings. The Labute approximate surface area is 142 Å². The fourth-order valence-electron chi connectivity index (χ4n) is 3.15. The van der Waals surface area contributed by atoms with E-state index in [0.29, 0.717) is 0 Å². The minimum Gasteiger partial charge on any atom is -0.317 e. The number of halogens is 1. The summed E-state index contributed by atoms with van der Waals surface area (Å²) < 4.78 is 0. The van der Waals surface area contributed by atoms with Gasteiger partial charge in [0.15, 0.2) is 0 Å². The van der Waals surface area contributed by atoms with Gasteiger partial charge in [-0.2, -0.15) is 0 Å². The van der Waals surface area contributed by atoms with Gasteiger partial charge < -0.3 is 10.2 Å². The smallest absolute Gasteiger partial charge is 0.317 e. The van der Waals surface area contributed by atoms with Crippen molar-refractivity contribution in [1.29, 1.82) is 0 Å². The zero-order chi connectivity index (χ0) is 16.4. The highest BCUT2D eigenvalue weighted by molar-refractivity contribution is 6.31. The van der Waals surface area contributed by atoms with Gasteiger partial charge in [0.2, 0.25) is 0 Å². The van der Waals surface area contributed by atoms with Gasteiger partial charge in [-0.15, -0.1) is 0 Å². The Balaban J connectivity index is 1.81. The van der Waals surface area contributed by atoms with E-state index in [-0.39, 0.29) is 12.1 Å². The predicted molar refractivity (Wildman–Crippen MR) is 95.1 cm³/mol. The number of amides is 2. The fraction of sp³-hybridized carbons (Fsp3) is 0.316. The number of benzene rings is 2. The molecule has 0 unspecified atom stereocenters. The van der Waals surface area contributed by atoms with Crippen LogP contribution in [0.15, 0.2) is 42.5 Å². The van der Waals surface area contributed by atoms with E-state index in [4.69, 9.17) is 11.6 Å². The monoisotopic (exact) mass is 328 g/mol. The summed E-state index contributed by atoms with van der Waals surface area (Å²) in [5.74, 6) is 0. The maximum Gasteiger partial charge on any atom is 0.322 e. The van der Waals surface area contributed by atoms with E-state index in [2.05, 4.69) is 5.32 Å². The third-order valence-electron chi connectivity index (χ3n) is 4.62. The first-order valence-electron chi connectivity index (χ1n) is 7.96. The van der Waals surface area contributed by atoms with Crippen LogP contribution in [0.5, 0.6) is 0 Å². The highest BCUT2D eigenvalue weighted by Gasteiger charge is 2.31. The normalized spacial score (nSPS) is 17.3. The molecule has 23 heavy (non-hydrogen) atoms. The van der Waals surface area contributed by atoms with Gasteiger partial charge in [0.25, 0.3) is 0 Å². The summed E-state index contributed by atoms with van der Waals surface area (Å²) in [4.78, 5) is 14.6. The molecule has 3 nitrogen and oxygen atoms in total. The van der Waals surface area contributed by atoms with Crippen LogP contribution in [0, 0.1) is 13.8 Å². The highest BCUT2D eigenvalue weighted by atomic mass is 35.5. The second-order valence-corrected chi connectivity index (χ2v) is 6.46. The van der Waals surface area contributed by atoms with E-state index in [1.807, 2.05) is 61.2 Å². The summed E-state index contributed by atoms with van der Waals surface area (Å²) >= 11 is 6.32. The van der Waals surface area contributed by atoms with Gasteiger partial charge in [-0.25, -0.2) is 4.79 Å². The zero-order valence-corrected chi connectivity index (χ0v) is 14.2. The number of anilines is 1. The van der Waals surface area contributed by atoms with E-state index in [0.717, 1.165) is 41.2 Å². The SMILES string of the molecule is Cc1cccc(NC(=O)N2CCC[C@H]2c2ccccc2Cl)c1C. The van der Waals surface area contributed by atoms with Crippen LogP contribution in [0.1, 0.15) is 35.6 Å². The van der Waals surface area contributed by atoms with Crippen molar-refractivity contribution in [2.75, 3.05) is 11.9 Å². The van der Waals surface area contributed by atoms with Gasteiger partial charge >= 0.3 is 6.03 Å². The number of urea groups is 1. The zero-order valence-electron chi connectivity index (χ0n) is 13.5. The minimum absolute atomic E-state index is 0.0498. The van der Waals surface area contributed by atoms with Crippen LogP contribution >= 0.6 is 11.6 Å². The Morgan fingerprint density at radius 1 is 1.17 bits per heavy atom. The summed E-state index contributed by atoms with van der Waals surface area (Å²) in [6, 6.07) is 13.7. The number of rotatable bonds is 2. The van der Waals surface area contributed by atoms with Crippen molar-refractivity contribution in [3.8, 4) is 0 Å². The van der Waals surface area contributed by atoms with Crippen LogP contribution < -0.4 is 5.32 Å². The number of aryl methyl sites for hydroxylation is 1. The molecule has 4 heteroatoms. The summed E-state index contributed by atoms with van der Waals surface area (Å²) in [7, 11) is 0. The first-order valence-corrected chi connectivity index (χ1v) is 8.34. The third-order valence-corrected chi connectivity index (χ3v) is 4.97. The molecule has 0 aromatic heterocycles. The molecule has 1 aliphatic heterocycles. The first-order chi connectivity index (χ1) is 11.1. The lowest BCUT2D eigenvalue weighted by Crippen LogP contribution is -2.34. The Morgan fingerprint density at radius 2 is 1.96 bits per heavy atom. The number of hydrogen-bond acceptors (Lipinski definition) is 1. The second-order valence-electron chi connectivity index (χ2n) is 6.05. The largest absolute Gasteiger partial charge is 0.322 e. The van der Waals surface area contributed by atoms with Gasteiger partial charge in [-0.05, 0) is 55.5 Å². The molecule has 1 atom stereocenters. The van der Waals surface area contributed by atoms with Crippen molar-refractivity contribution in [3.05, 3.63) is 64.2 Å². The summed E-state index contributed by atoms with van der Waals surface area (Å²) in [5, 5.41) is 3.78. The lowest BCUT2D eigenvalue weighted by molar-refractivity contribution is 0.207. The number of carbonyl (C=O) groups is 1. The Kier molecular flexibility index (Phi) is 4.58. The number of likely N-dealkylation sites (tertiary alicyclic amines) is 1. The van der Waals surface area contributed by atoms with Gasteiger partial charge in [0.05, 0.1) is 6.04 Å². The van der Waals surface area contributed by atoms with Gasteiger partial charge in [0.1, 0.15) is 0 Å². The van der Waals surface area contributed by atoms with E-state index >= 15 is 0 Å². The van der Waals surface area contributed by atoms with Crippen molar-refractivity contribution >= 4 is 23.3 Å². The van der Waals surface area contributed by atoms with Crippen LogP contribution in [0.25, 0.3) is 0 Å². The van der Waals surface area contributed by atoms with Gasteiger partial charge in [0, 0.05) is 17.3 Å². The molecule has 1 aliphatic rings. The Morgan fingerprint density at radius 3 is 2.74 bits per heavy atom. The standard InChI is InChI=1S/C19H21ClN2O/c1-13-7-5-10-17(14(13)2)21-19(23)22-12-6-11-18(22)15-8-3-4-9-16(15)20/h3-5,7-10,18H,6,11-12H2,1-2H3,(H,21,23)/t18-/m0/s1. The molecule has 0 aliphatic carbocycles. The molecule has 0 radical (unpaired) electrons.